The smallest absolute Gasteiger partial charge is 0.238 e. The molecule has 2 heterocycles. The Labute approximate surface area is 204 Å². The first-order chi connectivity index (χ1) is 16.6. The molecule has 6 nitrogen and oxygen atoms in total. The third-order valence-corrected chi connectivity index (χ3v) is 8.40. The Morgan fingerprint density at radius 3 is 2.40 bits per heavy atom. The molecule has 178 valence electrons. The molecular weight excluding hydrogens is 463 g/mol. The van der Waals surface area contributed by atoms with Crippen LogP contribution >= 0.6 is 0 Å². The lowest BCUT2D eigenvalue weighted by atomic mass is 10.0. The van der Waals surface area contributed by atoms with E-state index in [9.17, 15) is 18.1 Å². The minimum Gasteiger partial charge on any atom is -0.308 e. The van der Waals surface area contributed by atoms with Crippen molar-refractivity contribution < 1.29 is 12.8 Å². The molecular formula is C27H25FN4O2S. The molecule has 0 aliphatic heterocycles. The van der Waals surface area contributed by atoms with Gasteiger partial charge in [-0.2, -0.15) is 5.26 Å². The van der Waals surface area contributed by atoms with E-state index in [-0.39, 0.29) is 17.6 Å². The number of sulfonamides is 1. The zero-order chi connectivity index (χ0) is 25.0. The summed E-state index contributed by atoms with van der Waals surface area (Å²) in [6.45, 7) is 4.82. The minimum atomic E-state index is -3.64. The third kappa shape index (κ3) is 4.06. The number of hydrogen-bond acceptors (Lipinski definition) is 4. The van der Waals surface area contributed by atoms with Crippen LogP contribution in [0.3, 0.4) is 0 Å². The topological polar surface area (TPSA) is 87.8 Å². The van der Waals surface area contributed by atoms with Gasteiger partial charge in [0.2, 0.25) is 10.0 Å². The van der Waals surface area contributed by atoms with Crippen LogP contribution in [0.15, 0.2) is 60.8 Å². The highest BCUT2D eigenvalue weighted by Crippen LogP contribution is 2.44. The van der Waals surface area contributed by atoms with Gasteiger partial charge in [-0.25, -0.2) is 17.8 Å². The molecule has 1 aliphatic carbocycles. The number of benzene rings is 2. The summed E-state index contributed by atoms with van der Waals surface area (Å²) in [4.78, 5) is 4.32. The van der Waals surface area contributed by atoms with E-state index in [0.29, 0.717) is 27.8 Å². The number of anilines is 1. The summed E-state index contributed by atoms with van der Waals surface area (Å²) in [5.41, 5.74) is 3.80. The number of nitriles is 1. The van der Waals surface area contributed by atoms with E-state index in [1.165, 1.54) is 12.3 Å². The van der Waals surface area contributed by atoms with Crippen LogP contribution in [0.25, 0.3) is 27.8 Å². The first-order valence-electron chi connectivity index (χ1n) is 11.4. The number of fused-ring (bicyclic) bond motifs is 1. The van der Waals surface area contributed by atoms with Gasteiger partial charge in [0.15, 0.2) is 0 Å². The maximum Gasteiger partial charge on any atom is 0.238 e. The van der Waals surface area contributed by atoms with E-state index in [4.69, 9.17) is 0 Å². The van der Waals surface area contributed by atoms with Gasteiger partial charge >= 0.3 is 0 Å². The highest BCUT2D eigenvalue weighted by molar-refractivity contribution is 7.94. The second-order valence-corrected chi connectivity index (χ2v) is 12.3. The predicted octanol–water partition coefficient (Wildman–Crippen LogP) is 6.12. The molecule has 0 atom stereocenters. The van der Waals surface area contributed by atoms with Crippen molar-refractivity contribution in [2.45, 2.75) is 44.3 Å². The Bertz CT molecular complexity index is 1580. The number of pyridine rings is 1. The van der Waals surface area contributed by atoms with Crippen LogP contribution in [0.5, 0.6) is 0 Å². The predicted molar refractivity (Wildman–Crippen MR) is 135 cm³/mol. The molecule has 0 bridgehead atoms. The normalized spacial score (nSPS) is 14.1. The fourth-order valence-corrected chi connectivity index (χ4v) is 4.85. The molecule has 2 aromatic heterocycles. The molecule has 0 unspecified atom stereocenters. The zero-order valence-electron chi connectivity index (χ0n) is 19.7. The first-order valence-corrected chi connectivity index (χ1v) is 12.9. The number of para-hydroxylation sites is 1. The lowest BCUT2D eigenvalue weighted by Crippen LogP contribution is -2.33. The van der Waals surface area contributed by atoms with E-state index < -0.39 is 14.8 Å². The van der Waals surface area contributed by atoms with Crippen molar-refractivity contribution in [3.63, 3.8) is 0 Å². The van der Waals surface area contributed by atoms with Crippen LogP contribution in [0.2, 0.25) is 0 Å². The van der Waals surface area contributed by atoms with E-state index >= 15 is 0 Å². The van der Waals surface area contributed by atoms with E-state index in [1.54, 1.807) is 32.9 Å². The standard InChI is InChI=1S/C27H25FN4O2S/c1-27(2,3)35(33,34)31-25-12-11-18(16-30-25)26-22(15-29)21-13-23(28)20(17-9-10-17)14-24(21)32(26)19-7-5-4-6-8-19/h4-8,11-14,16-17H,9-10H2,1-3H3,(H,30,31). The Morgan fingerprint density at radius 2 is 1.83 bits per heavy atom. The second kappa shape index (κ2) is 8.21. The molecule has 0 spiro atoms. The quantitative estimate of drug-likeness (QED) is 0.367. The molecule has 2 aromatic carbocycles. The lowest BCUT2D eigenvalue weighted by molar-refractivity contribution is 0.566. The van der Waals surface area contributed by atoms with Crippen molar-refractivity contribution in [3.8, 4) is 23.0 Å². The number of aromatic nitrogens is 2. The minimum absolute atomic E-state index is 0.187. The number of hydrogen-bond donors (Lipinski definition) is 1. The highest BCUT2D eigenvalue weighted by Gasteiger charge is 2.30. The molecule has 1 N–H and O–H groups in total. The summed E-state index contributed by atoms with van der Waals surface area (Å²) in [6.07, 6.45) is 3.46. The van der Waals surface area contributed by atoms with E-state index in [1.807, 2.05) is 41.0 Å². The van der Waals surface area contributed by atoms with Gasteiger partial charge in [-0.1, -0.05) is 18.2 Å². The molecule has 4 aromatic rings. The van der Waals surface area contributed by atoms with Crippen LogP contribution in [0, 0.1) is 17.1 Å². The van der Waals surface area contributed by atoms with E-state index in [0.717, 1.165) is 24.0 Å². The molecule has 1 saturated carbocycles. The van der Waals surface area contributed by atoms with Gasteiger partial charge in [0.25, 0.3) is 0 Å². The molecule has 1 fully saturated rings. The SMILES string of the molecule is CC(C)(C)S(=O)(=O)Nc1ccc(-c2c(C#N)c3cc(F)c(C4CC4)cc3n2-c2ccccc2)cn1. The first kappa shape index (κ1) is 23.1. The van der Waals surface area contributed by atoms with Gasteiger partial charge in [0.05, 0.1) is 21.5 Å². The number of nitrogens with zero attached hydrogens (tertiary/aromatic N) is 3. The summed E-state index contributed by atoms with van der Waals surface area (Å²) in [7, 11) is -3.64. The van der Waals surface area contributed by atoms with Crippen molar-refractivity contribution in [1.29, 1.82) is 5.26 Å². The van der Waals surface area contributed by atoms with Crippen molar-refractivity contribution in [3.05, 3.63) is 77.7 Å². The number of halogens is 1. The molecule has 8 heteroatoms. The Hall–Kier alpha value is -3.70. The summed E-state index contributed by atoms with van der Waals surface area (Å²) in [5.74, 6) is 0.106. The molecule has 0 amide bonds. The van der Waals surface area contributed by atoms with Crippen molar-refractivity contribution >= 4 is 26.7 Å². The van der Waals surface area contributed by atoms with Crippen molar-refractivity contribution in [1.82, 2.24) is 9.55 Å². The van der Waals surface area contributed by atoms with Gasteiger partial charge in [-0.15, -0.1) is 0 Å². The highest BCUT2D eigenvalue weighted by atomic mass is 32.2. The summed E-state index contributed by atoms with van der Waals surface area (Å²) < 4.78 is 43.5. The fraction of sp³-hybridized carbons (Fsp3) is 0.259. The van der Waals surface area contributed by atoms with Crippen molar-refractivity contribution in [2.75, 3.05) is 4.72 Å². The zero-order valence-corrected chi connectivity index (χ0v) is 20.5. The largest absolute Gasteiger partial charge is 0.308 e. The van der Waals surface area contributed by atoms with Gasteiger partial charge in [0, 0.05) is 22.8 Å². The van der Waals surface area contributed by atoms with Crippen LogP contribution in [0.1, 0.15) is 50.7 Å². The van der Waals surface area contributed by atoms with Gasteiger partial charge < -0.3 is 4.57 Å². The van der Waals surface area contributed by atoms with Gasteiger partial charge in [-0.3, -0.25) is 4.72 Å². The average molecular weight is 489 g/mol. The van der Waals surface area contributed by atoms with Gasteiger partial charge in [-0.05, 0) is 81.5 Å². The monoisotopic (exact) mass is 488 g/mol. The molecule has 5 rings (SSSR count). The van der Waals surface area contributed by atoms with E-state index in [2.05, 4.69) is 15.8 Å². The molecule has 1 aliphatic rings. The second-order valence-electron chi connectivity index (χ2n) is 9.82. The Kier molecular flexibility index (Phi) is 5.41. The van der Waals surface area contributed by atoms with Gasteiger partial charge in [0.1, 0.15) is 17.7 Å². The van der Waals surface area contributed by atoms with Crippen LogP contribution in [-0.4, -0.2) is 22.7 Å². The van der Waals surface area contributed by atoms with Crippen LogP contribution < -0.4 is 4.72 Å². The number of rotatable bonds is 5. The van der Waals surface area contributed by atoms with Crippen molar-refractivity contribution in [2.24, 2.45) is 0 Å². The molecule has 35 heavy (non-hydrogen) atoms. The maximum absolute atomic E-state index is 15.0. The fourth-order valence-electron chi connectivity index (χ4n) is 4.15. The average Bonchev–Trinajstić information content (AvgIpc) is 3.60. The summed E-state index contributed by atoms with van der Waals surface area (Å²) >= 11 is 0. The maximum atomic E-state index is 15.0. The summed E-state index contributed by atoms with van der Waals surface area (Å²) in [6, 6.07) is 18.5. The van der Waals surface area contributed by atoms with Crippen LogP contribution in [-0.2, 0) is 10.0 Å². The van der Waals surface area contributed by atoms with Crippen LogP contribution in [0.4, 0.5) is 10.2 Å². The molecule has 0 saturated heterocycles. The Morgan fingerprint density at radius 1 is 1.11 bits per heavy atom. The third-order valence-electron chi connectivity index (χ3n) is 6.31. The number of nitrogens with one attached hydrogen (secondary N) is 1. The Balaban J connectivity index is 1.71. The summed E-state index contributed by atoms with van der Waals surface area (Å²) in [5, 5.41) is 10.7. The lowest BCUT2D eigenvalue weighted by Gasteiger charge is -2.20. The molecule has 0 radical (unpaired) electrons.